The number of hydrogen-bond donors (Lipinski definition) is 0. The number of unbranched alkanes of at least 4 members (excludes halogenated alkanes) is 8. The van der Waals surface area contributed by atoms with Crippen LogP contribution in [0.25, 0.3) is 0 Å². The lowest BCUT2D eigenvalue weighted by molar-refractivity contribution is -0.145. The summed E-state index contributed by atoms with van der Waals surface area (Å²) in [4.78, 5) is 23.7. The number of carbonyl (C=O) groups excluding carboxylic acids is 2. The summed E-state index contributed by atoms with van der Waals surface area (Å²) in [5.74, 6) is 2.01. The Labute approximate surface area is 225 Å². The van der Waals surface area contributed by atoms with Gasteiger partial charge in [0.2, 0.25) is 0 Å². The summed E-state index contributed by atoms with van der Waals surface area (Å²) >= 11 is 0. The number of ether oxygens (including phenoxy) is 2. The van der Waals surface area contributed by atoms with Crippen molar-refractivity contribution in [2.75, 3.05) is 13.2 Å². The molecule has 0 fully saturated rings. The van der Waals surface area contributed by atoms with Gasteiger partial charge in [0.25, 0.3) is 0 Å². The van der Waals surface area contributed by atoms with E-state index < -0.39 is 0 Å². The zero-order valence-electron chi connectivity index (χ0n) is 24.9. The zero-order chi connectivity index (χ0) is 26.9. The molecule has 0 aliphatic carbocycles. The van der Waals surface area contributed by atoms with Crippen LogP contribution in [0.4, 0.5) is 0 Å². The molecule has 214 valence electrons. The first-order valence-electron chi connectivity index (χ1n) is 15.7. The van der Waals surface area contributed by atoms with Crippen molar-refractivity contribution in [3.05, 3.63) is 0 Å². The summed E-state index contributed by atoms with van der Waals surface area (Å²) in [6.45, 7) is 12.4. The van der Waals surface area contributed by atoms with Crippen LogP contribution in [0.5, 0.6) is 0 Å². The Morgan fingerprint density at radius 1 is 0.472 bits per heavy atom. The molecule has 4 nitrogen and oxygen atoms in total. The second-order valence-electron chi connectivity index (χ2n) is 11.5. The van der Waals surface area contributed by atoms with Crippen LogP contribution in [0.2, 0.25) is 0 Å². The van der Waals surface area contributed by atoms with Crippen molar-refractivity contribution in [1.29, 1.82) is 0 Å². The van der Waals surface area contributed by atoms with Crippen LogP contribution in [0.3, 0.4) is 0 Å². The fraction of sp³-hybridized carbons (Fsp3) is 0.938. The van der Waals surface area contributed by atoms with E-state index in [1.165, 1.54) is 77.0 Å². The molecule has 36 heavy (non-hydrogen) atoms. The molecule has 4 heteroatoms. The van der Waals surface area contributed by atoms with Gasteiger partial charge in [-0.05, 0) is 43.4 Å². The zero-order valence-corrected chi connectivity index (χ0v) is 24.9. The molecular formula is C32H62O4. The smallest absolute Gasteiger partial charge is 0.305 e. The predicted molar refractivity (Wildman–Crippen MR) is 153 cm³/mol. The summed E-state index contributed by atoms with van der Waals surface area (Å²) in [7, 11) is 0. The maximum atomic E-state index is 11.8. The van der Waals surface area contributed by atoms with Crippen molar-refractivity contribution in [1.82, 2.24) is 0 Å². The van der Waals surface area contributed by atoms with Crippen LogP contribution >= 0.6 is 0 Å². The van der Waals surface area contributed by atoms with E-state index in [2.05, 4.69) is 34.6 Å². The molecule has 0 saturated heterocycles. The van der Waals surface area contributed by atoms with Gasteiger partial charge in [0.05, 0.1) is 13.2 Å². The number of hydrogen-bond acceptors (Lipinski definition) is 4. The van der Waals surface area contributed by atoms with Crippen LogP contribution in [0.1, 0.15) is 163 Å². The first-order chi connectivity index (χ1) is 17.4. The predicted octanol–water partition coefficient (Wildman–Crippen LogP) is 9.82. The van der Waals surface area contributed by atoms with Gasteiger partial charge in [0, 0.05) is 12.8 Å². The standard InChI is InChI=1S/C32H62O4/c1-6-8-18-29(4)22-24-31(33)35-26-16-12-10-14-20-28(3)21-15-11-13-17-27-36-32(34)25-23-30(5)19-9-7-2/h28-30H,6-27H2,1-5H3. The summed E-state index contributed by atoms with van der Waals surface area (Å²) in [6.07, 6.45) is 22.4. The molecule has 0 heterocycles. The Balaban J connectivity index is 3.43. The highest BCUT2D eigenvalue weighted by Gasteiger charge is 2.09. The summed E-state index contributed by atoms with van der Waals surface area (Å²) in [5.41, 5.74) is 0. The van der Waals surface area contributed by atoms with Crippen molar-refractivity contribution in [2.24, 2.45) is 17.8 Å². The molecule has 0 aromatic carbocycles. The molecule has 0 spiro atoms. The summed E-state index contributed by atoms with van der Waals surface area (Å²) < 4.78 is 10.8. The van der Waals surface area contributed by atoms with E-state index >= 15 is 0 Å². The van der Waals surface area contributed by atoms with Gasteiger partial charge in [-0.15, -0.1) is 0 Å². The van der Waals surface area contributed by atoms with Crippen LogP contribution in [0.15, 0.2) is 0 Å². The lowest BCUT2D eigenvalue weighted by Gasteiger charge is -2.12. The average molecular weight is 511 g/mol. The van der Waals surface area contributed by atoms with E-state index in [1.54, 1.807) is 0 Å². The number of esters is 2. The fourth-order valence-electron chi connectivity index (χ4n) is 4.68. The van der Waals surface area contributed by atoms with E-state index in [4.69, 9.17) is 9.47 Å². The van der Waals surface area contributed by atoms with Crippen molar-refractivity contribution in [2.45, 2.75) is 163 Å². The molecule has 2 atom stereocenters. The molecule has 0 aliphatic rings. The maximum absolute atomic E-state index is 11.8. The van der Waals surface area contributed by atoms with Gasteiger partial charge in [-0.25, -0.2) is 0 Å². The molecule has 0 rings (SSSR count). The van der Waals surface area contributed by atoms with Crippen LogP contribution in [0, 0.1) is 17.8 Å². The van der Waals surface area contributed by atoms with E-state index in [1.807, 2.05) is 0 Å². The van der Waals surface area contributed by atoms with Gasteiger partial charge in [0.1, 0.15) is 0 Å². The Bertz CT molecular complexity index is 460. The molecule has 0 aliphatic heterocycles. The Morgan fingerprint density at radius 3 is 1.19 bits per heavy atom. The van der Waals surface area contributed by atoms with Crippen molar-refractivity contribution in [3.8, 4) is 0 Å². The number of rotatable bonds is 26. The van der Waals surface area contributed by atoms with E-state index in [9.17, 15) is 9.59 Å². The summed E-state index contributed by atoms with van der Waals surface area (Å²) in [5, 5.41) is 0. The summed E-state index contributed by atoms with van der Waals surface area (Å²) in [6, 6.07) is 0. The van der Waals surface area contributed by atoms with Crippen molar-refractivity contribution < 1.29 is 19.1 Å². The van der Waals surface area contributed by atoms with Gasteiger partial charge >= 0.3 is 11.9 Å². The second kappa shape index (κ2) is 25.6. The molecule has 2 unspecified atom stereocenters. The highest BCUT2D eigenvalue weighted by Crippen LogP contribution is 2.18. The molecule has 0 saturated carbocycles. The normalized spacial score (nSPS) is 13.8. The molecule has 0 bridgehead atoms. The Morgan fingerprint density at radius 2 is 0.806 bits per heavy atom. The lowest BCUT2D eigenvalue weighted by Crippen LogP contribution is -2.08. The minimum atomic E-state index is -0.0161. The third-order valence-electron chi connectivity index (χ3n) is 7.49. The van der Waals surface area contributed by atoms with Crippen molar-refractivity contribution in [3.63, 3.8) is 0 Å². The van der Waals surface area contributed by atoms with Crippen molar-refractivity contribution >= 4 is 11.9 Å². The van der Waals surface area contributed by atoms with Crippen LogP contribution in [-0.4, -0.2) is 25.2 Å². The molecule has 0 amide bonds. The van der Waals surface area contributed by atoms with Gasteiger partial charge in [-0.3, -0.25) is 9.59 Å². The third kappa shape index (κ3) is 24.6. The monoisotopic (exact) mass is 510 g/mol. The minimum Gasteiger partial charge on any atom is -0.466 e. The third-order valence-corrected chi connectivity index (χ3v) is 7.49. The SMILES string of the molecule is CCCCC(C)CCC(=O)OCCCCCCC(C)CCCCCCOC(=O)CCC(C)CCCC. The van der Waals surface area contributed by atoms with E-state index in [0.29, 0.717) is 37.9 Å². The van der Waals surface area contributed by atoms with Gasteiger partial charge in [0.15, 0.2) is 0 Å². The quantitative estimate of drug-likeness (QED) is 0.0858. The molecule has 0 aromatic heterocycles. The first-order valence-corrected chi connectivity index (χ1v) is 15.7. The molecule has 0 radical (unpaired) electrons. The molecular weight excluding hydrogens is 448 g/mol. The average Bonchev–Trinajstić information content (AvgIpc) is 2.86. The molecule has 0 N–H and O–H groups in total. The first kappa shape index (κ1) is 34.9. The van der Waals surface area contributed by atoms with Gasteiger partial charge in [-0.1, -0.05) is 125 Å². The van der Waals surface area contributed by atoms with E-state index in [0.717, 1.165) is 44.4 Å². The van der Waals surface area contributed by atoms with Crippen LogP contribution in [-0.2, 0) is 19.1 Å². The van der Waals surface area contributed by atoms with Gasteiger partial charge < -0.3 is 9.47 Å². The Kier molecular flexibility index (Phi) is 24.8. The highest BCUT2D eigenvalue weighted by molar-refractivity contribution is 5.69. The topological polar surface area (TPSA) is 52.6 Å². The highest BCUT2D eigenvalue weighted by atomic mass is 16.5. The number of carbonyl (C=O) groups is 2. The minimum absolute atomic E-state index is 0.0161. The fourth-order valence-corrected chi connectivity index (χ4v) is 4.68. The largest absolute Gasteiger partial charge is 0.466 e. The molecule has 0 aromatic rings. The van der Waals surface area contributed by atoms with E-state index in [-0.39, 0.29) is 11.9 Å². The Hall–Kier alpha value is -1.06. The maximum Gasteiger partial charge on any atom is 0.305 e. The van der Waals surface area contributed by atoms with Gasteiger partial charge in [-0.2, -0.15) is 0 Å². The van der Waals surface area contributed by atoms with Crippen LogP contribution < -0.4 is 0 Å². The second-order valence-corrected chi connectivity index (χ2v) is 11.5. The lowest BCUT2D eigenvalue weighted by atomic mass is 9.96.